The van der Waals surface area contributed by atoms with Crippen LogP contribution >= 0.6 is 0 Å². The fourth-order valence-corrected chi connectivity index (χ4v) is 2.68. The average molecular weight is 277 g/mol. The Hall–Kier alpha value is -2.68. The van der Waals surface area contributed by atoms with Crippen LogP contribution in [-0.2, 0) is 4.79 Å². The Kier molecular flexibility index (Phi) is 3.18. The first-order valence-corrected chi connectivity index (χ1v) is 6.79. The number of imide groups is 1. The van der Waals surface area contributed by atoms with Gasteiger partial charge in [-0.05, 0) is 37.1 Å². The van der Waals surface area contributed by atoms with E-state index < -0.39 is 0 Å². The van der Waals surface area contributed by atoms with Crippen molar-refractivity contribution in [1.29, 1.82) is 0 Å². The molecule has 1 aliphatic rings. The van der Waals surface area contributed by atoms with Gasteiger partial charge < -0.3 is 0 Å². The lowest BCUT2D eigenvalue weighted by Gasteiger charge is -2.18. The van der Waals surface area contributed by atoms with Gasteiger partial charge in [0, 0.05) is 11.1 Å². The Morgan fingerprint density at radius 1 is 0.857 bits per heavy atom. The van der Waals surface area contributed by atoms with Crippen LogP contribution in [0.5, 0.6) is 0 Å². The summed E-state index contributed by atoms with van der Waals surface area (Å²) in [6.45, 7) is 4.04. The second kappa shape index (κ2) is 5.02. The summed E-state index contributed by atoms with van der Waals surface area (Å²) in [5, 5.41) is 2.39. The molecule has 0 bridgehead atoms. The molecule has 21 heavy (non-hydrogen) atoms. The molecule has 1 heterocycles. The van der Waals surface area contributed by atoms with E-state index in [2.05, 4.69) is 11.4 Å². The smallest absolute Gasteiger partial charge is 0.258 e. The van der Waals surface area contributed by atoms with Crippen molar-refractivity contribution < 1.29 is 9.59 Å². The summed E-state index contributed by atoms with van der Waals surface area (Å²) in [4.78, 5) is 24.0. The van der Waals surface area contributed by atoms with Gasteiger partial charge in [0.1, 0.15) is 0 Å². The molecule has 0 aromatic heterocycles. The van der Waals surface area contributed by atoms with Gasteiger partial charge in [0.15, 0.2) is 0 Å². The molecule has 3 rings (SSSR count). The molecule has 104 valence electrons. The van der Waals surface area contributed by atoms with Gasteiger partial charge in [0.2, 0.25) is 0 Å². The summed E-state index contributed by atoms with van der Waals surface area (Å²) < 4.78 is 0. The largest absolute Gasteiger partial charge is 0.288 e. The highest BCUT2D eigenvalue weighted by Gasteiger charge is 2.26. The minimum atomic E-state index is -0.349. The number of rotatable bonds is 1. The van der Waals surface area contributed by atoms with E-state index in [0.29, 0.717) is 16.7 Å². The zero-order valence-electron chi connectivity index (χ0n) is 11.9. The Labute approximate surface area is 123 Å². The summed E-state index contributed by atoms with van der Waals surface area (Å²) >= 11 is 0. The lowest BCUT2D eigenvalue weighted by Crippen LogP contribution is -2.36. The van der Waals surface area contributed by atoms with Gasteiger partial charge in [-0.3, -0.25) is 14.9 Å². The van der Waals surface area contributed by atoms with Crippen molar-refractivity contribution in [1.82, 2.24) is 5.32 Å². The number of nitrogens with one attached hydrogen (secondary N) is 1. The lowest BCUT2D eigenvalue weighted by molar-refractivity contribution is -0.114. The normalized spacial score (nSPS) is 15.8. The van der Waals surface area contributed by atoms with Crippen molar-refractivity contribution in [3.63, 3.8) is 0 Å². The molecule has 2 aromatic rings. The van der Waals surface area contributed by atoms with Gasteiger partial charge in [-0.2, -0.15) is 0 Å². The van der Waals surface area contributed by atoms with Crippen LogP contribution in [0, 0.1) is 13.8 Å². The molecule has 0 atom stereocenters. The van der Waals surface area contributed by atoms with E-state index in [1.807, 2.05) is 38.1 Å². The van der Waals surface area contributed by atoms with Crippen molar-refractivity contribution in [2.45, 2.75) is 13.8 Å². The summed E-state index contributed by atoms with van der Waals surface area (Å²) in [5.74, 6) is -0.689. The van der Waals surface area contributed by atoms with Gasteiger partial charge in [0.05, 0.1) is 0 Å². The number of hydrogen-bond acceptors (Lipinski definition) is 2. The SMILES string of the molecule is Cc1cc(C)cc(/C=C2/C(=O)NC(=O)c3ccccc32)c1. The second-order valence-electron chi connectivity index (χ2n) is 5.31. The topological polar surface area (TPSA) is 46.2 Å². The van der Waals surface area contributed by atoms with Crippen LogP contribution in [0.3, 0.4) is 0 Å². The zero-order valence-corrected chi connectivity index (χ0v) is 11.9. The van der Waals surface area contributed by atoms with E-state index in [-0.39, 0.29) is 11.8 Å². The van der Waals surface area contributed by atoms with E-state index >= 15 is 0 Å². The summed E-state index contributed by atoms with van der Waals surface area (Å²) in [5.41, 5.74) is 4.99. The monoisotopic (exact) mass is 277 g/mol. The average Bonchev–Trinajstić information content (AvgIpc) is 2.42. The number of fused-ring (bicyclic) bond motifs is 1. The third-order valence-electron chi connectivity index (χ3n) is 3.49. The number of benzene rings is 2. The molecule has 1 aliphatic heterocycles. The maximum atomic E-state index is 12.1. The first kappa shape index (κ1) is 13.3. The molecule has 0 radical (unpaired) electrons. The molecule has 3 heteroatoms. The Balaban J connectivity index is 2.17. The van der Waals surface area contributed by atoms with Crippen LogP contribution in [-0.4, -0.2) is 11.8 Å². The molecule has 0 aliphatic carbocycles. The van der Waals surface area contributed by atoms with Crippen molar-refractivity contribution >= 4 is 23.5 Å². The van der Waals surface area contributed by atoms with Crippen molar-refractivity contribution in [3.8, 4) is 0 Å². The molecular formula is C18H15NO2. The van der Waals surface area contributed by atoms with Crippen molar-refractivity contribution in [2.75, 3.05) is 0 Å². The Bertz CT molecular complexity index is 767. The molecule has 0 saturated heterocycles. The van der Waals surface area contributed by atoms with Crippen LogP contribution < -0.4 is 5.32 Å². The maximum absolute atomic E-state index is 12.1. The first-order valence-electron chi connectivity index (χ1n) is 6.79. The molecule has 2 aromatic carbocycles. The summed E-state index contributed by atoms with van der Waals surface area (Å²) in [6.07, 6.45) is 1.83. The summed E-state index contributed by atoms with van der Waals surface area (Å²) in [7, 11) is 0. The minimum absolute atomic E-state index is 0.340. The lowest BCUT2D eigenvalue weighted by atomic mass is 9.93. The highest BCUT2D eigenvalue weighted by atomic mass is 16.2. The van der Waals surface area contributed by atoms with Crippen LogP contribution in [0.1, 0.15) is 32.6 Å². The third-order valence-corrected chi connectivity index (χ3v) is 3.49. The van der Waals surface area contributed by atoms with Crippen molar-refractivity contribution in [3.05, 3.63) is 70.3 Å². The first-order chi connectivity index (χ1) is 10.0. The maximum Gasteiger partial charge on any atom is 0.258 e. The quantitative estimate of drug-likeness (QED) is 0.643. The van der Waals surface area contributed by atoms with Crippen LogP contribution in [0.2, 0.25) is 0 Å². The van der Waals surface area contributed by atoms with Gasteiger partial charge in [-0.25, -0.2) is 0 Å². The number of carbonyl (C=O) groups is 2. The number of aryl methyl sites for hydroxylation is 2. The minimum Gasteiger partial charge on any atom is -0.288 e. The molecular weight excluding hydrogens is 262 g/mol. The second-order valence-corrected chi connectivity index (χ2v) is 5.31. The predicted octanol–water partition coefficient (Wildman–Crippen LogP) is 3.11. The van der Waals surface area contributed by atoms with Crippen molar-refractivity contribution in [2.24, 2.45) is 0 Å². The number of carbonyl (C=O) groups excluding carboxylic acids is 2. The summed E-state index contributed by atoms with van der Waals surface area (Å²) in [6, 6.07) is 13.3. The third kappa shape index (κ3) is 2.50. The van der Waals surface area contributed by atoms with E-state index in [1.165, 1.54) is 0 Å². The highest BCUT2D eigenvalue weighted by Crippen LogP contribution is 2.26. The number of amides is 2. The van der Waals surface area contributed by atoms with Gasteiger partial charge in [0.25, 0.3) is 11.8 Å². The van der Waals surface area contributed by atoms with Crippen LogP contribution in [0.15, 0.2) is 42.5 Å². The van der Waals surface area contributed by atoms with Gasteiger partial charge >= 0.3 is 0 Å². The molecule has 0 fully saturated rings. The zero-order chi connectivity index (χ0) is 15.0. The molecule has 0 saturated carbocycles. The fourth-order valence-electron chi connectivity index (χ4n) is 2.68. The Morgan fingerprint density at radius 3 is 2.14 bits per heavy atom. The molecule has 1 N–H and O–H groups in total. The van der Waals surface area contributed by atoms with E-state index in [9.17, 15) is 9.59 Å². The van der Waals surface area contributed by atoms with Crippen LogP contribution in [0.4, 0.5) is 0 Å². The molecule has 3 nitrogen and oxygen atoms in total. The van der Waals surface area contributed by atoms with Crippen LogP contribution in [0.25, 0.3) is 11.6 Å². The van der Waals surface area contributed by atoms with Gasteiger partial charge in [-0.15, -0.1) is 0 Å². The predicted molar refractivity (Wildman–Crippen MR) is 82.7 cm³/mol. The van der Waals surface area contributed by atoms with E-state index in [1.54, 1.807) is 18.2 Å². The molecule has 0 spiro atoms. The molecule has 2 amide bonds. The number of hydrogen-bond donors (Lipinski definition) is 1. The Morgan fingerprint density at radius 2 is 1.48 bits per heavy atom. The standard InChI is InChI=1S/C18H15NO2/c1-11-7-12(2)9-13(8-11)10-16-14-5-3-4-6-15(14)17(20)19-18(16)21/h3-10H,1-2H3,(H,19,20,21)/b16-10+. The highest BCUT2D eigenvalue weighted by molar-refractivity contribution is 6.33. The van der Waals surface area contributed by atoms with Gasteiger partial charge in [-0.1, -0.05) is 47.5 Å². The van der Waals surface area contributed by atoms with E-state index in [4.69, 9.17) is 0 Å². The fraction of sp³-hybridized carbons (Fsp3) is 0.111. The molecule has 0 unspecified atom stereocenters. The van der Waals surface area contributed by atoms with E-state index in [0.717, 1.165) is 16.7 Å².